The van der Waals surface area contributed by atoms with Gasteiger partial charge in [0, 0.05) is 32.3 Å². The Hall–Kier alpha value is -0.900. The van der Waals surface area contributed by atoms with Crippen LogP contribution < -0.4 is 5.32 Å². The number of fused-ring (bicyclic) bond motifs is 1. The summed E-state index contributed by atoms with van der Waals surface area (Å²) in [7, 11) is 1.74. The van der Waals surface area contributed by atoms with E-state index in [0.29, 0.717) is 12.6 Å². The molecule has 1 aromatic rings. The second kappa shape index (κ2) is 6.70. The maximum Gasteiger partial charge on any atom is 0.0713 e. The zero-order chi connectivity index (χ0) is 13.8. The third kappa shape index (κ3) is 3.22. The van der Waals surface area contributed by atoms with Crippen LogP contribution in [-0.2, 0) is 17.9 Å². The molecule has 2 saturated heterocycles. The van der Waals surface area contributed by atoms with Crippen molar-refractivity contribution in [2.75, 3.05) is 20.2 Å². The van der Waals surface area contributed by atoms with Gasteiger partial charge in [-0.05, 0) is 36.9 Å². The molecule has 2 unspecified atom stereocenters. The summed E-state index contributed by atoms with van der Waals surface area (Å²) in [6.07, 6.45) is 5.49. The monoisotopic (exact) mass is 274 g/mol. The van der Waals surface area contributed by atoms with Crippen LogP contribution >= 0.6 is 0 Å². The van der Waals surface area contributed by atoms with Gasteiger partial charge in [0.2, 0.25) is 0 Å². The maximum absolute atomic E-state index is 5.15. The number of hydrogen-bond acceptors (Lipinski definition) is 3. The highest BCUT2D eigenvalue weighted by Crippen LogP contribution is 2.27. The van der Waals surface area contributed by atoms with E-state index in [4.69, 9.17) is 4.74 Å². The van der Waals surface area contributed by atoms with Crippen molar-refractivity contribution in [1.29, 1.82) is 0 Å². The van der Waals surface area contributed by atoms with E-state index < -0.39 is 0 Å². The van der Waals surface area contributed by atoms with E-state index >= 15 is 0 Å². The first-order valence-electron chi connectivity index (χ1n) is 7.91. The minimum Gasteiger partial charge on any atom is -0.380 e. The Morgan fingerprint density at radius 2 is 1.90 bits per heavy atom. The predicted molar refractivity (Wildman–Crippen MR) is 81.6 cm³/mol. The lowest BCUT2D eigenvalue weighted by atomic mass is 9.99. The highest BCUT2D eigenvalue weighted by atomic mass is 16.5. The van der Waals surface area contributed by atoms with Crippen LogP contribution in [0.1, 0.15) is 36.8 Å². The first kappa shape index (κ1) is 14.1. The summed E-state index contributed by atoms with van der Waals surface area (Å²) < 4.78 is 5.15. The molecule has 0 amide bonds. The third-order valence-electron chi connectivity index (χ3n) is 4.76. The summed E-state index contributed by atoms with van der Waals surface area (Å²) in [5, 5.41) is 3.78. The van der Waals surface area contributed by atoms with Crippen molar-refractivity contribution in [3.63, 3.8) is 0 Å². The molecule has 3 heteroatoms. The highest BCUT2D eigenvalue weighted by Gasteiger charge is 2.34. The standard InChI is InChI=1S/C17H26N2O/c1-20-13-15-7-5-14(6-8-15)12-18-16-9-11-19-10-3-2-4-17(16)19/h5-8,16-18H,2-4,9-13H2,1H3. The Labute approximate surface area is 122 Å². The van der Waals surface area contributed by atoms with Crippen LogP contribution in [0.15, 0.2) is 24.3 Å². The summed E-state index contributed by atoms with van der Waals surface area (Å²) in [5.41, 5.74) is 2.62. The summed E-state index contributed by atoms with van der Waals surface area (Å²) >= 11 is 0. The Morgan fingerprint density at radius 1 is 1.10 bits per heavy atom. The fourth-order valence-electron chi connectivity index (χ4n) is 3.65. The van der Waals surface area contributed by atoms with Crippen molar-refractivity contribution in [3.8, 4) is 0 Å². The van der Waals surface area contributed by atoms with E-state index in [2.05, 4.69) is 34.5 Å². The summed E-state index contributed by atoms with van der Waals surface area (Å²) in [6, 6.07) is 10.2. The second-order valence-electron chi connectivity index (χ2n) is 6.12. The number of hydrogen-bond donors (Lipinski definition) is 1. The van der Waals surface area contributed by atoms with Crippen molar-refractivity contribution < 1.29 is 4.74 Å². The van der Waals surface area contributed by atoms with E-state index in [1.165, 1.54) is 49.9 Å². The predicted octanol–water partition coefficient (Wildman–Crippen LogP) is 2.55. The van der Waals surface area contributed by atoms with Gasteiger partial charge in [-0.3, -0.25) is 4.90 Å². The molecule has 3 nitrogen and oxygen atoms in total. The molecule has 0 bridgehead atoms. The molecular formula is C17H26N2O. The van der Waals surface area contributed by atoms with Crippen LogP contribution in [0.3, 0.4) is 0 Å². The van der Waals surface area contributed by atoms with Crippen LogP contribution in [0, 0.1) is 0 Å². The number of ether oxygens (including phenoxy) is 1. The van der Waals surface area contributed by atoms with Gasteiger partial charge >= 0.3 is 0 Å². The lowest BCUT2D eigenvalue weighted by molar-refractivity contribution is 0.180. The van der Waals surface area contributed by atoms with Gasteiger partial charge in [-0.25, -0.2) is 0 Å². The molecule has 2 aliphatic rings. The van der Waals surface area contributed by atoms with Gasteiger partial charge in [0.25, 0.3) is 0 Å². The molecule has 1 N–H and O–H groups in total. The molecule has 0 saturated carbocycles. The molecule has 2 aliphatic heterocycles. The van der Waals surface area contributed by atoms with E-state index in [9.17, 15) is 0 Å². The van der Waals surface area contributed by atoms with Crippen molar-refractivity contribution in [1.82, 2.24) is 10.2 Å². The zero-order valence-electron chi connectivity index (χ0n) is 12.5. The molecule has 0 radical (unpaired) electrons. The lowest BCUT2D eigenvalue weighted by Gasteiger charge is -2.32. The molecule has 0 aromatic heterocycles. The molecule has 0 spiro atoms. The molecule has 20 heavy (non-hydrogen) atoms. The fourth-order valence-corrected chi connectivity index (χ4v) is 3.65. The van der Waals surface area contributed by atoms with Crippen LogP contribution in [0.5, 0.6) is 0 Å². The number of rotatable bonds is 5. The number of methoxy groups -OCH3 is 1. The molecule has 2 atom stereocenters. The Balaban J connectivity index is 1.51. The average molecular weight is 274 g/mol. The normalized spacial score (nSPS) is 26.6. The Kier molecular flexibility index (Phi) is 4.71. The number of nitrogens with one attached hydrogen (secondary N) is 1. The van der Waals surface area contributed by atoms with Gasteiger partial charge in [0.05, 0.1) is 6.61 Å². The van der Waals surface area contributed by atoms with Crippen LogP contribution in [0.25, 0.3) is 0 Å². The smallest absolute Gasteiger partial charge is 0.0713 e. The first-order chi connectivity index (χ1) is 9.86. The maximum atomic E-state index is 5.15. The summed E-state index contributed by atoms with van der Waals surface area (Å²) in [4.78, 5) is 2.68. The number of benzene rings is 1. The first-order valence-corrected chi connectivity index (χ1v) is 7.91. The van der Waals surface area contributed by atoms with E-state index in [1.807, 2.05) is 0 Å². The highest BCUT2D eigenvalue weighted by molar-refractivity contribution is 5.22. The molecule has 2 fully saturated rings. The minimum absolute atomic E-state index is 0.689. The SMILES string of the molecule is COCc1ccc(CNC2CCN3CCCCC23)cc1. The topological polar surface area (TPSA) is 24.5 Å². The van der Waals surface area contributed by atoms with E-state index in [1.54, 1.807) is 7.11 Å². The van der Waals surface area contributed by atoms with Gasteiger partial charge in [-0.1, -0.05) is 30.7 Å². The van der Waals surface area contributed by atoms with Crippen LogP contribution in [0.2, 0.25) is 0 Å². The largest absolute Gasteiger partial charge is 0.380 e. The summed E-state index contributed by atoms with van der Waals surface area (Å²) in [6.45, 7) is 4.29. The average Bonchev–Trinajstić information content (AvgIpc) is 2.90. The Morgan fingerprint density at radius 3 is 2.70 bits per heavy atom. The minimum atomic E-state index is 0.689. The summed E-state index contributed by atoms with van der Waals surface area (Å²) in [5.74, 6) is 0. The molecular weight excluding hydrogens is 248 g/mol. The number of piperidine rings is 1. The van der Waals surface area contributed by atoms with Gasteiger partial charge < -0.3 is 10.1 Å². The molecule has 110 valence electrons. The molecule has 0 aliphatic carbocycles. The zero-order valence-corrected chi connectivity index (χ0v) is 12.5. The van der Waals surface area contributed by atoms with Gasteiger partial charge in [0.15, 0.2) is 0 Å². The van der Waals surface area contributed by atoms with Crippen LogP contribution in [-0.4, -0.2) is 37.2 Å². The van der Waals surface area contributed by atoms with Crippen molar-refractivity contribution >= 4 is 0 Å². The van der Waals surface area contributed by atoms with Gasteiger partial charge in [-0.15, -0.1) is 0 Å². The fraction of sp³-hybridized carbons (Fsp3) is 0.647. The third-order valence-corrected chi connectivity index (χ3v) is 4.76. The van der Waals surface area contributed by atoms with E-state index in [0.717, 1.165) is 12.6 Å². The van der Waals surface area contributed by atoms with Crippen molar-refractivity contribution in [3.05, 3.63) is 35.4 Å². The quantitative estimate of drug-likeness (QED) is 0.893. The molecule has 1 aromatic carbocycles. The van der Waals surface area contributed by atoms with Gasteiger partial charge in [0.1, 0.15) is 0 Å². The second-order valence-corrected chi connectivity index (χ2v) is 6.12. The van der Waals surface area contributed by atoms with Gasteiger partial charge in [-0.2, -0.15) is 0 Å². The number of nitrogens with zero attached hydrogens (tertiary/aromatic N) is 1. The van der Waals surface area contributed by atoms with Crippen molar-refractivity contribution in [2.24, 2.45) is 0 Å². The lowest BCUT2D eigenvalue weighted by Crippen LogP contribution is -2.44. The molecule has 3 rings (SSSR count). The Bertz CT molecular complexity index is 418. The molecule has 2 heterocycles. The van der Waals surface area contributed by atoms with Crippen LogP contribution in [0.4, 0.5) is 0 Å². The van der Waals surface area contributed by atoms with Crippen molar-refractivity contribution in [2.45, 2.75) is 50.9 Å². The van der Waals surface area contributed by atoms with E-state index in [-0.39, 0.29) is 0 Å².